The fourth-order valence-electron chi connectivity index (χ4n) is 2.84. The molecular weight excluding hydrogens is 539 g/mol. The van der Waals surface area contributed by atoms with Gasteiger partial charge < -0.3 is 10.3 Å². The van der Waals surface area contributed by atoms with E-state index in [0.717, 1.165) is 11.0 Å². The van der Waals surface area contributed by atoms with Gasteiger partial charge >= 0.3 is 23.9 Å². The van der Waals surface area contributed by atoms with Crippen molar-refractivity contribution in [2.75, 3.05) is 11.5 Å². The van der Waals surface area contributed by atoms with E-state index in [4.69, 9.17) is 5.73 Å². The number of sulfone groups is 1. The van der Waals surface area contributed by atoms with E-state index in [1.807, 2.05) is 0 Å². The summed E-state index contributed by atoms with van der Waals surface area (Å²) in [4.78, 5) is 13.7. The number of hydrogen-bond donors (Lipinski definition) is 1. The minimum Gasteiger partial charge on any atom is -0.366 e. The summed E-state index contributed by atoms with van der Waals surface area (Å²) in [5, 5.41) is 3.65. The van der Waals surface area contributed by atoms with E-state index in [9.17, 15) is 47.9 Å². The monoisotopic (exact) mass is 552 g/mol. The van der Waals surface area contributed by atoms with E-state index in [-0.39, 0.29) is 16.7 Å². The first-order valence-electron chi connectivity index (χ1n) is 9.29. The van der Waals surface area contributed by atoms with Crippen LogP contribution in [0.25, 0.3) is 17.5 Å². The molecule has 3 aromatic heterocycles. The molecule has 0 atom stereocenters. The van der Waals surface area contributed by atoms with Crippen molar-refractivity contribution in [2.45, 2.75) is 35.8 Å². The molecule has 3 aromatic rings. The van der Waals surface area contributed by atoms with Gasteiger partial charge in [0.25, 0.3) is 5.95 Å². The number of nitrogen functional groups attached to an aromatic ring is 1. The van der Waals surface area contributed by atoms with E-state index >= 15 is 0 Å². The highest BCUT2D eigenvalue weighted by atomic mass is 32.2. The lowest BCUT2D eigenvalue weighted by atomic mass is 10.0. The third-order valence-corrected chi connectivity index (χ3v) is 6.57. The van der Waals surface area contributed by atoms with Gasteiger partial charge in [0.1, 0.15) is 22.6 Å². The van der Waals surface area contributed by atoms with Gasteiger partial charge in [-0.15, -0.1) is 5.10 Å². The van der Waals surface area contributed by atoms with Gasteiger partial charge in [-0.25, -0.2) is 28.4 Å². The lowest BCUT2D eigenvalue weighted by molar-refractivity contribution is -0.400. The second-order valence-electron chi connectivity index (χ2n) is 7.08. The van der Waals surface area contributed by atoms with Gasteiger partial charge in [0.2, 0.25) is 5.95 Å². The summed E-state index contributed by atoms with van der Waals surface area (Å²) in [6.45, 7) is 1.18. The molecule has 0 aromatic carbocycles. The molecule has 0 spiro atoms. The molecule has 10 nitrogen and oxygen atoms in total. The van der Waals surface area contributed by atoms with Crippen LogP contribution in [-0.2, 0) is 22.8 Å². The molecule has 2 N–H and O–H groups in total. The maximum absolute atomic E-state index is 14.5. The van der Waals surface area contributed by atoms with Crippen LogP contribution in [-0.4, -0.2) is 66.5 Å². The molecule has 0 aliphatic carbocycles. The lowest BCUT2D eigenvalue weighted by Gasteiger charge is -2.33. The summed E-state index contributed by atoms with van der Waals surface area (Å²) in [7, 11) is -3.68. The Morgan fingerprint density at radius 2 is 1.56 bits per heavy atom. The Bertz CT molecular complexity index is 1400. The van der Waals surface area contributed by atoms with Gasteiger partial charge in [-0.1, -0.05) is 6.92 Å². The third kappa shape index (κ3) is 4.01. The van der Waals surface area contributed by atoms with E-state index in [2.05, 4.69) is 25.0 Å². The zero-order valence-corrected chi connectivity index (χ0v) is 18.6. The number of imidazole rings is 1. The van der Waals surface area contributed by atoms with Crippen molar-refractivity contribution in [2.24, 2.45) is 7.05 Å². The Kier molecular flexibility index (Phi) is 6.26. The molecule has 0 bridgehead atoms. The largest absolute Gasteiger partial charge is 0.460 e. The fourth-order valence-corrected chi connectivity index (χ4v) is 3.80. The van der Waals surface area contributed by atoms with Crippen LogP contribution in [0.2, 0.25) is 0 Å². The van der Waals surface area contributed by atoms with Gasteiger partial charge in [0.15, 0.2) is 15.7 Å². The fraction of sp³-hybridized carbons (Fsp3) is 0.438. The van der Waals surface area contributed by atoms with Crippen LogP contribution < -0.4 is 5.73 Å². The molecule has 0 saturated carbocycles. The Morgan fingerprint density at radius 3 is 2.06 bits per heavy atom. The van der Waals surface area contributed by atoms with Crippen molar-refractivity contribution >= 4 is 15.8 Å². The normalized spacial score (nSPS) is 13.9. The number of anilines is 1. The van der Waals surface area contributed by atoms with Crippen molar-refractivity contribution in [3.63, 3.8) is 0 Å². The highest BCUT2D eigenvalue weighted by Gasteiger charge is 2.82. The lowest BCUT2D eigenvalue weighted by Crippen LogP contribution is -2.59. The maximum atomic E-state index is 14.5. The van der Waals surface area contributed by atoms with Crippen molar-refractivity contribution in [1.82, 2.24) is 34.3 Å². The van der Waals surface area contributed by atoms with Crippen LogP contribution in [0.15, 0.2) is 23.6 Å². The quantitative estimate of drug-likeness (QED) is 0.443. The summed E-state index contributed by atoms with van der Waals surface area (Å²) >= 11 is 0. The predicted octanol–water partition coefficient (Wildman–Crippen LogP) is 2.76. The Hall–Kier alpha value is -3.45. The highest BCUT2D eigenvalue weighted by Crippen LogP contribution is 2.56. The summed E-state index contributed by atoms with van der Waals surface area (Å²) in [6, 6.07) is 0. The zero-order chi connectivity index (χ0) is 27.5. The zero-order valence-electron chi connectivity index (χ0n) is 17.8. The Morgan fingerprint density at radius 1 is 0.944 bits per heavy atom. The topological polar surface area (TPSA) is 134 Å². The van der Waals surface area contributed by atoms with Gasteiger partial charge in [-0.3, -0.25) is 0 Å². The summed E-state index contributed by atoms with van der Waals surface area (Å²) in [5.41, 5.74) is 2.50. The number of halogens is 9. The molecule has 198 valence electrons. The molecule has 0 saturated heterocycles. The van der Waals surface area contributed by atoms with E-state index in [1.165, 1.54) is 6.92 Å². The van der Waals surface area contributed by atoms with Gasteiger partial charge in [0.05, 0.1) is 18.1 Å². The molecule has 0 aliphatic rings. The molecule has 0 unspecified atom stereocenters. The average molecular weight is 552 g/mol. The van der Waals surface area contributed by atoms with Gasteiger partial charge in [0, 0.05) is 7.05 Å². The molecule has 3 rings (SSSR count). The minimum atomic E-state index is -7.14. The number of alkyl halides is 9. The van der Waals surface area contributed by atoms with Crippen molar-refractivity contribution in [1.29, 1.82) is 0 Å². The second kappa shape index (κ2) is 8.30. The highest BCUT2D eigenvalue weighted by molar-refractivity contribution is 7.91. The number of rotatable bonds is 7. The maximum Gasteiger partial charge on any atom is 0.460 e. The molecule has 20 heteroatoms. The molecule has 36 heavy (non-hydrogen) atoms. The van der Waals surface area contributed by atoms with Gasteiger partial charge in [-0.2, -0.15) is 44.2 Å². The van der Waals surface area contributed by atoms with E-state index < -0.39 is 67.6 Å². The molecule has 0 fully saturated rings. The van der Waals surface area contributed by atoms with Crippen molar-refractivity contribution in [3.05, 3.63) is 24.4 Å². The van der Waals surface area contributed by atoms with Crippen LogP contribution in [0, 0.1) is 0 Å². The first-order chi connectivity index (χ1) is 16.3. The summed E-state index contributed by atoms with van der Waals surface area (Å²) < 4.78 is 147. The predicted molar refractivity (Wildman–Crippen MR) is 101 cm³/mol. The van der Waals surface area contributed by atoms with Crippen molar-refractivity contribution < 1.29 is 47.9 Å². The van der Waals surface area contributed by atoms with Crippen LogP contribution in [0.4, 0.5) is 45.5 Å². The molecule has 0 amide bonds. The number of nitrogens with zero attached hydrogens (tertiary/aromatic N) is 7. The van der Waals surface area contributed by atoms with E-state index in [0.29, 0.717) is 13.2 Å². The average Bonchev–Trinajstić information content (AvgIpc) is 3.38. The summed E-state index contributed by atoms with van der Waals surface area (Å²) in [6.07, 6.45) is -5.45. The van der Waals surface area contributed by atoms with Crippen molar-refractivity contribution in [3.8, 4) is 17.5 Å². The Balaban J connectivity index is 2.25. The smallest absolute Gasteiger partial charge is 0.366 e. The van der Waals surface area contributed by atoms with Crippen LogP contribution in [0.3, 0.4) is 0 Å². The molecule has 0 aliphatic heterocycles. The first-order valence-corrected chi connectivity index (χ1v) is 10.9. The molecule has 0 radical (unpaired) electrons. The second-order valence-corrected chi connectivity index (χ2v) is 9.33. The molecule has 3 heterocycles. The SMILES string of the molecule is CCS(=O)(=O)c1cnc(-n2cnc(N)n2)nc1-c1ncc(C(F)(F)C(F)(F)C(F)(F)C(F)(F)F)n1C. The number of aromatic nitrogens is 7. The van der Waals surface area contributed by atoms with Gasteiger partial charge in [-0.05, 0) is 0 Å². The number of hydrogen-bond acceptors (Lipinski definition) is 8. The first kappa shape index (κ1) is 27.1. The standard InChI is InChI=1S/C16H13F9N8O2S/c1-3-36(34,35)7-4-28-12(33-6-29-11(26)31-33)30-9(7)10-27-5-8(32(10)2)13(17,18)14(19,20)15(21,22)16(23,24)25/h4-6H,3H2,1-2H3,(H2,26,31). The minimum absolute atomic E-state index is 0.0108. The van der Waals surface area contributed by atoms with Crippen LogP contribution >= 0.6 is 0 Å². The molecular formula is C16H13F9N8O2S. The third-order valence-electron chi connectivity index (χ3n) is 4.84. The number of nitrogens with two attached hydrogens (primary N) is 1. The Labute approximate surface area is 194 Å². The van der Waals surface area contributed by atoms with E-state index in [1.54, 1.807) is 0 Å². The summed E-state index contributed by atoms with van der Waals surface area (Å²) in [5.74, 6) is -22.4. The van der Waals surface area contributed by atoms with Crippen LogP contribution in [0.1, 0.15) is 12.6 Å². The van der Waals surface area contributed by atoms with Crippen LogP contribution in [0.5, 0.6) is 0 Å².